The minimum Gasteiger partial charge on any atom is -0.550 e. The van der Waals surface area contributed by atoms with E-state index in [-0.39, 0.29) is 45.2 Å². The maximum Gasteiger partial charge on any atom is 4.00 e. The number of hydrogen-bond acceptors (Lipinski definition) is 8. The molecule has 0 N–H and O–H groups in total. The molecule has 0 rings (SSSR count). The monoisotopic (exact) mass is 786 g/mol. The van der Waals surface area contributed by atoms with Crippen molar-refractivity contribution in [2.45, 2.75) is 212 Å². The van der Waals surface area contributed by atoms with Crippen molar-refractivity contribution in [3.05, 3.63) is 0 Å². The summed E-state index contributed by atoms with van der Waals surface area (Å²) in [4.78, 5) is 40.2. The summed E-state index contributed by atoms with van der Waals surface area (Å²) in [5, 5.41) is 40.2. The second kappa shape index (κ2) is 32.4. The first-order chi connectivity index (χ1) is 21.7. The van der Waals surface area contributed by atoms with Gasteiger partial charge in [-0.25, -0.2) is 0 Å². The Labute approximate surface area is 315 Å². The van der Waals surface area contributed by atoms with Crippen LogP contribution in [0.1, 0.15) is 212 Å². The first-order valence-corrected chi connectivity index (χ1v) is 18.5. The van der Waals surface area contributed by atoms with Crippen LogP contribution in [-0.2, 0) is 38.7 Å². The largest absolute Gasteiger partial charge is 4.00 e. The molecule has 0 aromatic rings. The maximum absolute atomic E-state index is 10.0. The molecule has 0 bridgehead atoms. The molecule has 0 heterocycles. The SMILES string of the molecule is CC(C)(C)CCCCCC(=O)[O-].CC(C)(C)CCCCCC(=O)[O-].CC(C)(C)CCCCCC(=O)[O-].CC(C)(C)CCCCCC(=O)[O-].[Ru+4]. The summed E-state index contributed by atoms with van der Waals surface area (Å²) in [5.74, 6) is -3.70. The molecule has 0 aliphatic heterocycles. The molecule has 0 aliphatic carbocycles. The number of rotatable bonds is 20. The van der Waals surface area contributed by atoms with E-state index in [9.17, 15) is 39.6 Å². The van der Waals surface area contributed by atoms with Crippen molar-refractivity contribution in [1.29, 1.82) is 0 Å². The third-order valence-electron chi connectivity index (χ3n) is 7.23. The smallest absolute Gasteiger partial charge is 0.550 e. The number of carboxylic acids is 4. The van der Waals surface area contributed by atoms with E-state index in [1.165, 1.54) is 25.7 Å². The molecule has 8 nitrogen and oxygen atoms in total. The van der Waals surface area contributed by atoms with Crippen molar-refractivity contribution in [2.75, 3.05) is 0 Å². The topological polar surface area (TPSA) is 161 Å². The van der Waals surface area contributed by atoms with E-state index in [4.69, 9.17) is 0 Å². The Balaban J connectivity index is -0.000000174. The molecule has 0 aromatic carbocycles. The zero-order valence-corrected chi connectivity index (χ0v) is 35.5. The summed E-state index contributed by atoms with van der Waals surface area (Å²) in [7, 11) is 0. The van der Waals surface area contributed by atoms with Gasteiger partial charge in [0.15, 0.2) is 0 Å². The third-order valence-corrected chi connectivity index (χ3v) is 7.23. The normalized spacial score (nSPS) is 11.3. The molecule has 0 atom stereocenters. The van der Waals surface area contributed by atoms with Gasteiger partial charge in [0.25, 0.3) is 0 Å². The van der Waals surface area contributed by atoms with Crippen LogP contribution in [0.25, 0.3) is 0 Å². The van der Waals surface area contributed by atoms with Crippen LogP contribution in [0.4, 0.5) is 0 Å². The van der Waals surface area contributed by atoms with Crippen LogP contribution in [-0.4, -0.2) is 23.9 Å². The number of carboxylic acid groups (broad SMARTS) is 4. The van der Waals surface area contributed by atoms with Crippen molar-refractivity contribution >= 4 is 23.9 Å². The second-order valence-corrected chi connectivity index (χ2v) is 18.0. The van der Waals surface area contributed by atoms with Crippen molar-refractivity contribution in [3.8, 4) is 0 Å². The van der Waals surface area contributed by atoms with Gasteiger partial charge in [-0.1, -0.05) is 134 Å². The molecule has 0 unspecified atom stereocenters. The molecule has 0 saturated carbocycles. The van der Waals surface area contributed by atoms with Gasteiger partial charge in [0.1, 0.15) is 0 Å². The Hall–Kier alpha value is -1.50. The fraction of sp³-hybridized carbons (Fsp3) is 0.900. The van der Waals surface area contributed by atoms with Gasteiger partial charge in [0.2, 0.25) is 0 Å². The van der Waals surface area contributed by atoms with E-state index in [2.05, 4.69) is 83.1 Å². The molecule has 292 valence electrons. The molecule has 49 heavy (non-hydrogen) atoms. The van der Waals surface area contributed by atoms with Crippen LogP contribution in [0, 0.1) is 21.7 Å². The number of aliphatic carboxylic acids is 4. The summed E-state index contributed by atoms with van der Waals surface area (Å²) < 4.78 is 0. The average Bonchev–Trinajstić information content (AvgIpc) is 2.85. The minimum atomic E-state index is -0.925. The van der Waals surface area contributed by atoms with E-state index >= 15 is 0 Å². The fourth-order valence-electron chi connectivity index (χ4n) is 4.41. The Kier molecular flexibility index (Phi) is 37.6. The summed E-state index contributed by atoms with van der Waals surface area (Å²) >= 11 is 0. The first kappa shape index (κ1) is 56.9. The molecule has 0 saturated heterocycles. The molecule has 0 aromatic heterocycles. The zero-order valence-electron chi connectivity index (χ0n) is 33.8. The van der Waals surface area contributed by atoms with Crippen molar-refractivity contribution in [3.63, 3.8) is 0 Å². The van der Waals surface area contributed by atoms with E-state index in [0.29, 0.717) is 21.7 Å². The summed E-state index contributed by atoms with van der Waals surface area (Å²) in [5.41, 5.74) is 1.51. The fourth-order valence-corrected chi connectivity index (χ4v) is 4.41. The van der Waals surface area contributed by atoms with Crippen molar-refractivity contribution in [1.82, 2.24) is 0 Å². The van der Waals surface area contributed by atoms with Crippen LogP contribution >= 0.6 is 0 Å². The molecule has 0 amide bonds. The Morgan fingerprint density at radius 3 is 0.551 bits per heavy atom. The van der Waals surface area contributed by atoms with Gasteiger partial charge in [0.05, 0.1) is 0 Å². The second-order valence-electron chi connectivity index (χ2n) is 18.0. The molecular weight excluding hydrogens is 710 g/mol. The van der Waals surface area contributed by atoms with Crippen LogP contribution < -0.4 is 20.4 Å². The average molecular weight is 786 g/mol. The third kappa shape index (κ3) is 77.4. The Bertz CT molecular complexity index is 676. The van der Waals surface area contributed by atoms with Gasteiger partial charge in [0, 0.05) is 23.9 Å². The summed E-state index contributed by atoms with van der Waals surface area (Å²) in [6, 6.07) is 0. The van der Waals surface area contributed by atoms with E-state index in [1.54, 1.807) is 0 Å². The molecule has 9 heteroatoms. The number of hydrogen-bond donors (Lipinski definition) is 0. The van der Waals surface area contributed by atoms with Gasteiger partial charge in [-0.3, -0.25) is 0 Å². The molecular formula is C40H76O8Ru. The molecule has 0 spiro atoms. The Morgan fingerprint density at radius 1 is 0.306 bits per heavy atom. The van der Waals surface area contributed by atoms with Gasteiger partial charge in [-0.2, -0.15) is 0 Å². The van der Waals surface area contributed by atoms with Gasteiger partial charge < -0.3 is 39.6 Å². The Morgan fingerprint density at radius 2 is 0.449 bits per heavy atom. The number of carbonyl (C=O) groups is 4. The van der Waals surface area contributed by atoms with E-state index < -0.39 is 23.9 Å². The molecule has 0 radical (unpaired) electrons. The zero-order chi connectivity index (χ0) is 38.5. The summed E-state index contributed by atoms with van der Waals surface area (Å²) in [6.45, 7) is 26.4. The van der Waals surface area contributed by atoms with E-state index in [1.807, 2.05) is 0 Å². The standard InChI is InChI=1S/4C10H20O2.Ru/c4*1-10(2,3)8-6-4-5-7-9(11)12;/h4*4-8H2,1-3H3,(H,11,12);/q;;;;+4/p-4. The maximum atomic E-state index is 10.0. The molecule has 0 fully saturated rings. The van der Waals surface area contributed by atoms with Crippen molar-refractivity contribution < 1.29 is 59.1 Å². The van der Waals surface area contributed by atoms with Crippen LogP contribution in [0.3, 0.4) is 0 Å². The minimum absolute atomic E-state index is 0. The van der Waals surface area contributed by atoms with Gasteiger partial charge in [-0.15, -0.1) is 0 Å². The van der Waals surface area contributed by atoms with Gasteiger partial charge >= 0.3 is 19.5 Å². The summed E-state index contributed by atoms with van der Waals surface area (Å²) in [6.07, 6.45) is 17.1. The van der Waals surface area contributed by atoms with Crippen LogP contribution in [0.15, 0.2) is 0 Å². The van der Waals surface area contributed by atoms with Crippen LogP contribution in [0.5, 0.6) is 0 Å². The molecule has 0 aliphatic rings. The first-order valence-electron chi connectivity index (χ1n) is 18.5. The predicted octanol–water partition coefficient (Wildman–Crippen LogP) is 6.93. The van der Waals surface area contributed by atoms with Crippen LogP contribution in [0.2, 0.25) is 0 Å². The van der Waals surface area contributed by atoms with Gasteiger partial charge in [-0.05, 0) is 98.7 Å². The van der Waals surface area contributed by atoms with Crippen molar-refractivity contribution in [2.24, 2.45) is 21.7 Å². The number of unbranched alkanes of at least 4 members (excludes halogenated alkanes) is 8. The predicted molar refractivity (Wildman–Crippen MR) is 190 cm³/mol. The van der Waals surface area contributed by atoms with E-state index in [0.717, 1.165) is 77.0 Å². The quantitative estimate of drug-likeness (QED) is 0.0949. The number of carbonyl (C=O) groups excluding carboxylic acids is 4.